The average Bonchev–Trinajstić information content (AvgIpc) is 3.05. The van der Waals surface area contributed by atoms with Gasteiger partial charge in [0.25, 0.3) is 5.91 Å². The number of aromatic nitrogens is 2. The first-order chi connectivity index (χ1) is 14.7. The molecule has 3 aromatic rings. The van der Waals surface area contributed by atoms with Crippen LogP contribution in [-0.4, -0.2) is 33.7 Å². The van der Waals surface area contributed by atoms with E-state index in [1.54, 1.807) is 12.1 Å². The first-order valence-electron chi connectivity index (χ1n) is 10.7. The van der Waals surface area contributed by atoms with Crippen molar-refractivity contribution in [3.8, 4) is 5.88 Å². The number of nitrogens with zero attached hydrogens (tertiary/aromatic N) is 4. The molecule has 0 aliphatic carbocycles. The Kier molecular flexibility index (Phi) is 7.68. The van der Waals surface area contributed by atoms with Crippen molar-refractivity contribution in [2.75, 3.05) is 13.1 Å². The van der Waals surface area contributed by atoms with Crippen molar-refractivity contribution in [3.05, 3.63) is 54.4 Å². The number of carbonyl (C=O) groups is 1. The lowest BCUT2D eigenvalue weighted by atomic mass is 10.2. The number of unbranched alkanes of at least 4 members (excludes halogenated alkanes) is 2. The highest BCUT2D eigenvalue weighted by atomic mass is 16.3. The Morgan fingerprint density at radius 3 is 2.40 bits per heavy atom. The maximum Gasteiger partial charge on any atom is 0.295 e. The predicted octanol–water partition coefficient (Wildman–Crippen LogP) is 4.11. The summed E-state index contributed by atoms with van der Waals surface area (Å²) in [5.74, 6) is -0.417. The summed E-state index contributed by atoms with van der Waals surface area (Å²) >= 11 is 0. The molecule has 0 unspecified atom stereocenters. The van der Waals surface area contributed by atoms with E-state index < -0.39 is 5.91 Å². The van der Waals surface area contributed by atoms with Gasteiger partial charge < -0.3 is 10.0 Å². The van der Waals surface area contributed by atoms with E-state index in [9.17, 15) is 9.90 Å². The van der Waals surface area contributed by atoms with Crippen LogP contribution in [0.4, 0.5) is 5.69 Å². The van der Waals surface area contributed by atoms with Crippen molar-refractivity contribution in [3.63, 3.8) is 0 Å². The number of benzene rings is 1. The average molecular weight is 409 g/mol. The van der Waals surface area contributed by atoms with Crippen molar-refractivity contribution < 1.29 is 14.8 Å². The van der Waals surface area contributed by atoms with Crippen LogP contribution in [0.25, 0.3) is 10.9 Å². The fraction of sp³-hybridized carbons (Fsp3) is 0.391. The van der Waals surface area contributed by atoms with Gasteiger partial charge in [-0.2, -0.15) is 0 Å². The molecule has 0 aliphatic rings. The highest BCUT2D eigenvalue weighted by molar-refractivity contribution is 5.97. The second-order valence-corrected chi connectivity index (χ2v) is 7.47. The molecule has 7 heteroatoms. The van der Waals surface area contributed by atoms with Crippen molar-refractivity contribution in [1.29, 1.82) is 0 Å². The molecule has 3 rings (SSSR count). The van der Waals surface area contributed by atoms with Gasteiger partial charge in [0.15, 0.2) is 12.4 Å². The zero-order valence-electron chi connectivity index (χ0n) is 17.7. The van der Waals surface area contributed by atoms with Crippen LogP contribution in [0.15, 0.2) is 59.0 Å². The van der Waals surface area contributed by atoms with Crippen LogP contribution in [0, 0.1) is 0 Å². The minimum atomic E-state index is -0.466. The van der Waals surface area contributed by atoms with Gasteiger partial charge in [-0.25, -0.2) is 0 Å². The molecule has 7 nitrogen and oxygen atoms in total. The molecule has 0 radical (unpaired) electrons. The first kappa shape index (κ1) is 21.6. The monoisotopic (exact) mass is 408 g/mol. The second-order valence-electron chi connectivity index (χ2n) is 7.47. The minimum absolute atomic E-state index is 0.0491. The topological polar surface area (TPSA) is 84.3 Å². The second kappa shape index (κ2) is 10.6. The van der Waals surface area contributed by atoms with Gasteiger partial charge in [-0.05, 0) is 31.0 Å². The zero-order valence-corrected chi connectivity index (χ0v) is 17.7. The van der Waals surface area contributed by atoms with Gasteiger partial charge in [0.1, 0.15) is 0 Å². The molecule has 0 saturated heterocycles. The molecule has 0 bridgehead atoms. The predicted molar refractivity (Wildman–Crippen MR) is 117 cm³/mol. The Morgan fingerprint density at radius 2 is 1.73 bits per heavy atom. The highest BCUT2D eigenvalue weighted by Crippen LogP contribution is 2.38. The molecule has 2 heterocycles. The van der Waals surface area contributed by atoms with Crippen molar-refractivity contribution >= 4 is 22.5 Å². The number of hydrogen-bond donors (Lipinski definition) is 2. The van der Waals surface area contributed by atoms with Gasteiger partial charge in [0.2, 0.25) is 5.88 Å². The SMILES string of the molecule is CCCC[NH+](CCCC)Cn1c(O)c(N=NC(=O)c2ccncc2)c2ccccc21. The number of aromatic hydroxyl groups is 1. The molecule has 0 aliphatic heterocycles. The lowest BCUT2D eigenvalue weighted by Crippen LogP contribution is -3.11. The summed E-state index contributed by atoms with van der Waals surface area (Å²) in [4.78, 5) is 17.6. The summed E-state index contributed by atoms with van der Waals surface area (Å²) in [6.45, 7) is 7.15. The molecular weight excluding hydrogens is 378 g/mol. The largest absolute Gasteiger partial charge is 0.493 e. The molecule has 0 saturated carbocycles. The summed E-state index contributed by atoms with van der Waals surface area (Å²) in [6.07, 6.45) is 7.65. The molecular formula is C23H30N5O2+. The van der Waals surface area contributed by atoms with Crippen LogP contribution >= 0.6 is 0 Å². The van der Waals surface area contributed by atoms with E-state index in [2.05, 4.69) is 29.1 Å². The normalized spacial score (nSPS) is 11.7. The van der Waals surface area contributed by atoms with Crippen LogP contribution in [-0.2, 0) is 6.67 Å². The van der Waals surface area contributed by atoms with Crippen LogP contribution in [0.2, 0.25) is 0 Å². The fourth-order valence-electron chi connectivity index (χ4n) is 3.54. The third-order valence-electron chi connectivity index (χ3n) is 5.24. The number of para-hydroxylation sites is 1. The van der Waals surface area contributed by atoms with Gasteiger partial charge in [0.05, 0.1) is 18.6 Å². The van der Waals surface area contributed by atoms with E-state index in [-0.39, 0.29) is 5.88 Å². The molecule has 0 spiro atoms. The number of quaternary nitrogens is 1. The van der Waals surface area contributed by atoms with E-state index in [0.29, 0.717) is 17.9 Å². The standard InChI is InChI=1S/C23H29N5O2/c1-3-5-15-27(16-6-4-2)17-28-20-10-8-7-9-19(20)21(23(28)30)25-26-22(29)18-11-13-24-14-12-18/h7-14,30H,3-6,15-17H2,1-2H3/p+1. The molecule has 0 fully saturated rings. The number of azo groups is 1. The van der Waals surface area contributed by atoms with Crippen LogP contribution in [0.5, 0.6) is 5.88 Å². The highest BCUT2D eigenvalue weighted by Gasteiger charge is 2.20. The summed E-state index contributed by atoms with van der Waals surface area (Å²) in [5, 5.41) is 19.7. The summed E-state index contributed by atoms with van der Waals surface area (Å²) in [5.41, 5.74) is 1.64. The van der Waals surface area contributed by atoms with Crippen molar-refractivity contribution in [2.45, 2.75) is 46.2 Å². The molecule has 2 N–H and O–H groups in total. The van der Waals surface area contributed by atoms with E-state index in [4.69, 9.17) is 0 Å². The maximum absolute atomic E-state index is 12.3. The van der Waals surface area contributed by atoms with Gasteiger partial charge in [-0.3, -0.25) is 14.3 Å². The molecule has 1 aromatic carbocycles. The smallest absolute Gasteiger partial charge is 0.295 e. The maximum atomic E-state index is 12.3. The van der Waals surface area contributed by atoms with E-state index in [0.717, 1.165) is 49.7 Å². The molecule has 2 aromatic heterocycles. The van der Waals surface area contributed by atoms with E-state index in [1.165, 1.54) is 17.3 Å². The Bertz CT molecular complexity index is 990. The summed E-state index contributed by atoms with van der Waals surface area (Å²) < 4.78 is 1.89. The lowest BCUT2D eigenvalue weighted by molar-refractivity contribution is -0.923. The molecule has 30 heavy (non-hydrogen) atoms. The lowest BCUT2D eigenvalue weighted by Gasteiger charge is -2.20. The zero-order chi connectivity index (χ0) is 21.3. The number of amides is 1. The number of nitrogens with one attached hydrogen (secondary N) is 1. The van der Waals surface area contributed by atoms with Crippen molar-refractivity contribution in [2.24, 2.45) is 10.2 Å². The summed E-state index contributed by atoms with van der Waals surface area (Å²) in [7, 11) is 0. The van der Waals surface area contributed by atoms with Crippen LogP contribution < -0.4 is 4.90 Å². The number of rotatable bonds is 10. The quantitative estimate of drug-likeness (QED) is 0.495. The van der Waals surface area contributed by atoms with Crippen molar-refractivity contribution in [1.82, 2.24) is 9.55 Å². The Labute approximate surface area is 177 Å². The summed E-state index contributed by atoms with van der Waals surface area (Å²) in [6, 6.07) is 10.9. The first-order valence-corrected chi connectivity index (χ1v) is 10.7. The number of carbonyl (C=O) groups excluding carboxylic acids is 1. The van der Waals surface area contributed by atoms with Gasteiger partial charge >= 0.3 is 0 Å². The number of hydrogen-bond acceptors (Lipinski definition) is 4. The van der Waals surface area contributed by atoms with Gasteiger partial charge in [-0.1, -0.05) is 44.9 Å². The van der Waals surface area contributed by atoms with E-state index >= 15 is 0 Å². The van der Waals surface area contributed by atoms with Gasteiger partial charge in [-0.15, -0.1) is 10.2 Å². The number of pyridine rings is 1. The third-order valence-corrected chi connectivity index (χ3v) is 5.24. The molecule has 158 valence electrons. The third kappa shape index (κ3) is 5.10. The molecule has 1 amide bonds. The van der Waals surface area contributed by atoms with Gasteiger partial charge in [0, 0.05) is 23.3 Å². The Hall–Kier alpha value is -3.06. The Morgan fingerprint density at radius 1 is 1.07 bits per heavy atom. The fourth-order valence-corrected chi connectivity index (χ4v) is 3.54. The van der Waals surface area contributed by atoms with E-state index in [1.807, 2.05) is 28.8 Å². The minimum Gasteiger partial charge on any atom is -0.493 e. The molecule has 0 atom stereocenters. The van der Waals surface area contributed by atoms with Crippen LogP contribution in [0.1, 0.15) is 49.9 Å². The van der Waals surface area contributed by atoms with Crippen LogP contribution in [0.3, 0.4) is 0 Å². The Balaban J connectivity index is 1.92. The number of fused-ring (bicyclic) bond motifs is 1.